The number of rotatable bonds is 2. The number of hydrogen-bond donors (Lipinski definition) is 0. The van der Waals surface area contributed by atoms with Crippen molar-refractivity contribution in [3.05, 3.63) is 34.2 Å². The molecule has 0 bridgehead atoms. The van der Waals surface area contributed by atoms with Crippen LogP contribution in [0.4, 0.5) is 0 Å². The Morgan fingerprint density at radius 2 is 2.33 bits per heavy atom. The highest BCUT2D eigenvalue weighted by atomic mass is 16.5. The first-order valence-electron chi connectivity index (χ1n) is 4.24. The van der Waals surface area contributed by atoms with Gasteiger partial charge in [-0.2, -0.15) is 5.26 Å². The second kappa shape index (κ2) is 4.42. The fourth-order valence-electron chi connectivity index (χ4n) is 1.12. The van der Waals surface area contributed by atoms with Gasteiger partial charge >= 0.3 is 5.97 Å². The number of nitrogens with zero attached hydrogens (tertiary/aromatic N) is 2. The Balaban J connectivity index is 3.15. The minimum absolute atomic E-state index is 0.267. The molecule has 78 valence electrons. The Labute approximate surface area is 86.5 Å². The minimum atomic E-state index is -1.04. The number of aromatic nitrogens is 1. The molecule has 0 N–H and O–H groups in total. The monoisotopic (exact) mass is 206 g/mol. The van der Waals surface area contributed by atoms with Crippen LogP contribution < -0.4 is 5.56 Å². The van der Waals surface area contributed by atoms with Crippen LogP contribution in [0.5, 0.6) is 0 Å². The molecular formula is C10H10N2O3. The smallest absolute Gasteiger partial charge is 0.327 e. The van der Waals surface area contributed by atoms with Crippen LogP contribution in [-0.4, -0.2) is 17.6 Å². The number of carbonyl (C=O) groups is 1. The van der Waals surface area contributed by atoms with Crippen molar-refractivity contribution in [1.82, 2.24) is 4.57 Å². The first-order chi connectivity index (χ1) is 7.10. The lowest BCUT2D eigenvalue weighted by atomic mass is 10.0. The van der Waals surface area contributed by atoms with Crippen molar-refractivity contribution in [2.75, 3.05) is 7.11 Å². The topological polar surface area (TPSA) is 72.1 Å². The summed E-state index contributed by atoms with van der Waals surface area (Å²) in [5.41, 5.74) is 0.0871. The normalized spacial score (nSPS) is 11.5. The summed E-state index contributed by atoms with van der Waals surface area (Å²) in [6.07, 6.45) is 1.50. The van der Waals surface area contributed by atoms with Crippen molar-refractivity contribution < 1.29 is 9.53 Å². The fraction of sp³-hybridized carbons (Fsp3) is 0.300. The SMILES string of the molecule is COC(=O)C(C#N)c1ccn(C)c(=O)c1. The quantitative estimate of drug-likeness (QED) is 0.646. The van der Waals surface area contributed by atoms with Crippen LogP contribution in [0.1, 0.15) is 11.5 Å². The van der Waals surface area contributed by atoms with Gasteiger partial charge in [0.25, 0.3) is 5.56 Å². The van der Waals surface area contributed by atoms with E-state index in [1.165, 1.54) is 23.9 Å². The summed E-state index contributed by atoms with van der Waals surface area (Å²) in [6.45, 7) is 0. The number of ether oxygens (including phenoxy) is 1. The zero-order chi connectivity index (χ0) is 11.4. The Bertz CT molecular complexity index is 470. The highest BCUT2D eigenvalue weighted by molar-refractivity contribution is 5.81. The number of aryl methyl sites for hydroxylation is 1. The highest BCUT2D eigenvalue weighted by Gasteiger charge is 2.21. The maximum absolute atomic E-state index is 11.3. The van der Waals surface area contributed by atoms with E-state index >= 15 is 0 Å². The number of pyridine rings is 1. The zero-order valence-corrected chi connectivity index (χ0v) is 8.43. The van der Waals surface area contributed by atoms with E-state index in [0.29, 0.717) is 5.56 Å². The Morgan fingerprint density at radius 3 is 2.80 bits per heavy atom. The number of hydrogen-bond acceptors (Lipinski definition) is 4. The van der Waals surface area contributed by atoms with Crippen LogP contribution in [0.25, 0.3) is 0 Å². The highest BCUT2D eigenvalue weighted by Crippen LogP contribution is 2.13. The lowest BCUT2D eigenvalue weighted by molar-refractivity contribution is -0.140. The van der Waals surface area contributed by atoms with Gasteiger partial charge in [-0.3, -0.25) is 9.59 Å². The maximum Gasteiger partial charge on any atom is 0.327 e. The average molecular weight is 206 g/mol. The molecule has 1 aromatic rings. The third-order valence-electron chi connectivity index (χ3n) is 2.03. The zero-order valence-electron chi connectivity index (χ0n) is 8.43. The molecule has 5 heteroatoms. The molecule has 5 nitrogen and oxygen atoms in total. The number of methoxy groups -OCH3 is 1. The van der Waals surface area contributed by atoms with E-state index in [0.717, 1.165) is 0 Å². The summed E-state index contributed by atoms with van der Waals surface area (Å²) in [5, 5.41) is 8.78. The summed E-state index contributed by atoms with van der Waals surface area (Å²) < 4.78 is 5.81. The molecule has 0 saturated heterocycles. The molecule has 0 spiro atoms. The van der Waals surface area contributed by atoms with Gasteiger partial charge in [-0.05, 0) is 11.6 Å². The maximum atomic E-state index is 11.3. The summed E-state index contributed by atoms with van der Waals surface area (Å²) in [6, 6.07) is 4.60. The molecular weight excluding hydrogens is 196 g/mol. The van der Waals surface area contributed by atoms with Crippen LogP contribution in [0.3, 0.4) is 0 Å². The van der Waals surface area contributed by atoms with Gasteiger partial charge in [0.2, 0.25) is 0 Å². The van der Waals surface area contributed by atoms with Gasteiger partial charge in [-0.15, -0.1) is 0 Å². The van der Waals surface area contributed by atoms with Crippen molar-refractivity contribution in [3.63, 3.8) is 0 Å². The molecule has 0 aliphatic heterocycles. The first kappa shape index (κ1) is 11.0. The Hall–Kier alpha value is -2.09. The largest absolute Gasteiger partial charge is 0.468 e. The third kappa shape index (κ3) is 2.23. The van der Waals surface area contributed by atoms with E-state index < -0.39 is 11.9 Å². The second-order valence-electron chi connectivity index (χ2n) is 2.99. The molecule has 0 radical (unpaired) electrons. The molecule has 0 amide bonds. The molecule has 0 aliphatic carbocycles. The summed E-state index contributed by atoms with van der Waals surface area (Å²) in [7, 11) is 2.79. The van der Waals surface area contributed by atoms with Crippen LogP contribution in [0.2, 0.25) is 0 Å². The van der Waals surface area contributed by atoms with Crippen molar-refractivity contribution in [2.45, 2.75) is 5.92 Å². The van der Waals surface area contributed by atoms with Gasteiger partial charge < -0.3 is 9.30 Å². The predicted molar refractivity (Wildman–Crippen MR) is 52.1 cm³/mol. The number of carbonyl (C=O) groups excluding carboxylic acids is 1. The molecule has 1 atom stereocenters. The number of esters is 1. The Morgan fingerprint density at radius 1 is 1.67 bits per heavy atom. The van der Waals surface area contributed by atoms with E-state index in [9.17, 15) is 9.59 Å². The molecule has 1 rings (SSSR count). The van der Waals surface area contributed by atoms with Crippen molar-refractivity contribution in [1.29, 1.82) is 5.26 Å². The van der Waals surface area contributed by atoms with Gasteiger partial charge in [-0.1, -0.05) is 0 Å². The van der Waals surface area contributed by atoms with Gasteiger partial charge in [0.05, 0.1) is 13.2 Å². The molecule has 0 fully saturated rings. The van der Waals surface area contributed by atoms with E-state index in [1.54, 1.807) is 19.2 Å². The van der Waals surface area contributed by atoms with Gasteiger partial charge in [-0.25, -0.2) is 0 Å². The standard InChI is InChI=1S/C10H10N2O3/c1-12-4-3-7(5-9(12)13)8(6-11)10(14)15-2/h3-5,8H,1-2H3. The van der Waals surface area contributed by atoms with E-state index in [2.05, 4.69) is 4.74 Å². The predicted octanol–water partition coefficient (Wildman–Crippen LogP) is 0.165. The van der Waals surface area contributed by atoms with E-state index in [-0.39, 0.29) is 5.56 Å². The lowest BCUT2D eigenvalue weighted by Gasteiger charge is -2.06. The van der Waals surface area contributed by atoms with Crippen molar-refractivity contribution >= 4 is 5.97 Å². The molecule has 1 aromatic heterocycles. The van der Waals surface area contributed by atoms with Crippen molar-refractivity contribution in [3.8, 4) is 6.07 Å². The minimum Gasteiger partial charge on any atom is -0.468 e. The molecule has 15 heavy (non-hydrogen) atoms. The molecule has 0 aromatic carbocycles. The van der Waals surface area contributed by atoms with E-state index in [4.69, 9.17) is 5.26 Å². The lowest BCUT2D eigenvalue weighted by Crippen LogP contribution is -2.19. The van der Waals surface area contributed by atoms with Gasteiger partial charge in [0.1, 0.15) is 0 Å². The molecule has 0 aliphatic rings. The fourth-order valence-corrected chi connectivity index (χ4v) is 1.12. The van der Waals surface area contributed by atoms with Crippen molar-refractivity contribution in [2.24, 2.45) is 7.05 Å². The summed E-state index contributed by atoms with van der Waals surface area (Å²) >= 11 is 0. The number of nitriles is 1. The summed E-state index contributed by atoms with van der Waals surface area (Å²) in [4.78, 5) is 22.5. The van der Waals surface area contributed by atoms with Crippen LogP contribution in [-0.2, 0) is 16.6 Å². The first-order valence-corrected chi connectivity index (χ1v) is 4.24. The molecule has 0 saturated carbocycles. The van der Waals surface area contributed by atoms with Gasteiger partial charge in [0.15, 0.2) is 5.92 Å². The Kier molecular flexibility index (Phi) is 3.24. The molecule has 1 heterocycles. The van der Waals surface area contributed by atoms with Crippen LogP contribution >= 0.6 is 0 Å². The summed E-state index contributed by atoms with van der Waals surface area (Å²) in [5.74, 6) is -1.70. The third-order valence-corrected chi connectivity index (χ3v) is 2.03. The molecule has 1 unspecified atom stereocenters. The second-order valence-corrected chi connectivity index (χ2v) is 2.99. The van der Waals surface area contributed by atoms with Crippen LogP contribution in [0, 0.1) is 11.3 Å². The van der Waals surface area contributed by atoms with Gasteiger partial charge in [0, 0.05) is 19.3 Å². The van der Waals surface area contributed by atoms with E-state index in [1.807, 2.05) is 0 Å². The van der Waals surface area contributed by atoms with Crippen LogP contribution in [0.15, 0.2) is 23.1 Å². The average Bonchev–Trinajstić information content (AvgIpc) is 2.24.